The van der Waals surface area contributed by atoms with Gasteiger partial charge in [-0.05, 0) is 62.7 Å². The normalized spacial score (nSPS) is 11.4. The highest BCUT2D eigenvalue weighted by atomic mass is 19.4. The maximum atomic E-state index is 14.5. The van der Waals surface area contributed by atoms with Crippen LogP contribution in [-0.4, -0.2) is 66.0 Å². The average molecular weight is 653 g/mol. The largest absolute Gasteiger partial charge is 0.484 e. The SMILES string of the molecule is COC(=O)c1cc(OCC(F)(F)F)ccc1Nc1ccc(F)cc1CN(CCc1nc(OC)ccc1[N+](=O)[O-])C(=O)OC(C)(C)C. The van der Waals surface area contributed by atoms with Crippen LogP contribution in [0.2, 0.25) is 0 Å². The summed E-state index contributed by atoms with van der Waals surface area (Å²) in [7, 11) is 2.43. The predicted octanol–water partition coefficient (Wildman–Crippen LogP) is 6.59. The number of anilines is 2. The zero-order valence-electron chi connectivity index (χ0n) is 25.6. The van der Waals surface area contributed by atoms with Crippen molar-refractivity contribution in [1.29, 1.82) is 0 Å². The Hall–Kier alpha value is -5.15. The number of nitrogens with zero attached hydrogens (tertiary/aromatic N) is 3. The van der Waals surface area contributed by atoms with Crippen LogP contribution in [0.5, 0.6) is 11.6 Å². The fourth-order valence-corrected chi connectivity index (χ4v) is 4.07. The molecule has 12 nitrogen and oxygen atoms in total. The van der Waals surface area contributed by atoms with Crippen LogP contribution in [-0.2, 0) is 22.4 Å². The molecule has 1 N–H and O–H groups in total. The number of hydrogen-bond acceptors (Lipinski definition) is 10. The standard InChI is InChI=1S/C30H32F4N4O8/c1-29(2,3)46-28(40)37(13-12-24-25(38(41)42)10-11-26(36-24)43-4)16-18-14-19(31)6-8-22(18)35-23-9-7-20(45-17-30(32,33)34)15-21(23)27(39)44-5/h6-11,14-15,35H,12-13,16-17H2,1-5H3. The van der Waals surface area contributed by atoms with Crippen LogP contribution >= 0.6 is 0 Å². The molecule has 0 spiro atoms. The number of nitrogens with one attached hydrogen (secondary N) is 1. The number of ether oxygens (including phenoxy) is 4. The molecular formula is C30H32F4N4O8. The number of methoxy groups -OCH3 is 2. The van der Waals surface area contributed by atoms with Crippen molar-refractivity contribution in [3.8, 4) is 11.6 Å². The van der Waals surface area contributed by atoms with Gasteiger partial charge in [0.05, 0.1) is 36.9 Å². The average Bonchev–Trinajstić information content (AvgIpc) is 2.97. The molecule has 1 amide bonds. The van der Waals surface area contributed by atoms with Gasteiger partial charge in [0.1, 0.15) is 22.9 Å². The Bertz CT molecular complexity index is 1580. The first kappa shape index (κ1) is 35.3. The fourth-order valence-electron chi connectivity index (χ4n) is 4.07. The van der Waals surface area contributed by atoms with Gasteiger partial charge < -0.3 is 29.2 Å². The summed E-state index contributed by atoms with van der Waals surface area (Å²) in [4.78, 5) is 42.2. The zero-order chi connectivity index (χ0) is 34.2. The number of amides is 1. The zero-order valence-corrected chi connectivity index (χ0v) is 25.6. The van der Waals surface area contributed by atoms with E-state index in [0.717, 1.165) is 25.3 Å². The number of rotatable bonds is 12. The summed E-state index contributed by atoms with van der Waals surface area (Å²) >= 11 is 0. The second-order valence-corrected chi connectivity index (χ2v) is 10.8. The van der Waals surface area contributed by atoms with Crippen LogP contribution in [0, 0.1) is 15.9 Å². The lowest BCUT2D eigenvalue weighted by molar-refractivity contribution is -0.386. The molecule has 1 heterocycles. The van der Waals surface area contributed by atoms with Crippen LogP contribution in [0.25, 0.3) is 0 Å². The number of halogens is 4. The smallest absolute Gasteiger partial charge is 0.422 e. The summed E-state index contributed by atoms with van der Waals surface area (Å²) in [5.41, 5.74) is -0.870. The van der Waals surface area contributed by atoms with Gasteiger partial charge in [-0.15, -0.1) is 0 Å². The van der Waals surface area contributed by atoms with Crippen molar-refractivity contribution in [2.75, 3.05) is 32.7 Å². The van der Waals surface area contributed by atoms with Crippen molar-refractivity contribution in [2.24, 2.45) is 0 Å². The van der Waals surface area contributed by atoms with Gasteiger partial charge in [0.2, 0.25) is 5.88 Å². The molecule has 3 rings (SSSR count). The van der Waals surface area contributed by atoms with Crippen molar-refractivity contribution in [3.05, 3.63) is 81.3 Å². The molecule has 248 valence electrons. The Balaban J connectivity index is 1.98. The van der Waals surface area contributed by atoms with E-state index in [0.29, 0.717) is 0 Å². The number of hydrogen-bond donors (Lipinski definition) is 1. The van der Waals surface area contributed by atoms with Gasteiger partial charge in [-0.1, -0.05) is 0 Å². The van der Waals surface area contributed by atoms with Crippen LogP contribution in [0.4, 0.5) is 39.4 Å². The van der Waals surface area contributed by atoms with Gasteiger partial charge in [-0.25, -0.2) is 19.0 Å². The minimum absolute atomic E-state index is 0.0334. The first-order valence-electron chi connectivity index (χ1n) is 13.6. The molecule has 0 saturated carbocycles. The second-order valence-electron chi connectivity index (χ2n) is 10.8. The van der Waals surface area contributed by atoms with Gasteiger partial charge in [0.25, 0.3) is 5.69 Å². The number of benzene rings is 2. The molecule has 3 aromatic rings. The van der Waals surface area contributed by atoms with Crippen molar-refractivity contribution in [3.63, 3.8) is 0 Å². The fraction of sp³-hybridized carbons (Fsp3) is 0.367. The molecule has 0 aliphatic carbocycles. The lowest BCUT2D eigenvalue weighted by Crippen LogP contribution is -2.38. The Morgan fingerprint density at radius 1 is 1.02 bits per heavy atom. The van der Waals surface area contributed by atoms with Gasteiger partial charge in [0, 0.05) is 30.8 Å². The van der Waals surface area contributed by atoms with Crippen LogP contribution in [0.15, 0.2) is 48.5 Å². The molecule has 0 saturated heterocycles. The highest BCUT2D eigenvalue weighted by Crippen LogP contribution is 2.30. The van der Waals surface area contributed by atoms with Gasteiger partial charge in [-0.3, -0.25) is 10.1 Å². The van der Waals surface area contributed by atoms with E-state index < -0.39 is 41.2 Å². The molecule has 0 unspecified atom stereocenters. The molecule has 2 aromatic carbocycles. The van der Waals surface area contributed by atoms with E-state index >= 15 is 0 Å². The van der Waals surface area contributed by atoms with E-state index in [1.54, 1.807) is 20.8 Å². The van der Waals surface area contributed by atoms with Crippen LogP contribution in [0.1, 0.15) is 42.4 Å². The third kappa shape index (κ3) is 10.2. The number of nitro groups is 1. The Morgan fingerprint density at radius 2 is 1.72 bits per heavy atom. The summed E-state index contributed by atoms with van der Waals surface area (Å²) in [6.07, 6.45) is -5.52. The molecule has 0 atom stereocenters. The summed E-state index contributed by atoms with van der Waals surface area (Å²) in [5.74, 6) is -1.69. The van der Waals surface area contributed by atoms with E-state index in [2.05, 4.69) is 10.3 Å². The first-order valence-corrected chi connectivity index (χ1v) is 13.6. The monoisotopic (exact) mass is 652 g/mol. The summed E-state index contributed by atoms with van der Waals surface area (Å²) in [5, 5.41) is 14.6. The highest BCUT2D eigenvalue weighted by Gasteiger charge is 2.29. The Labute approximate surface area is 261 Å². The van der Waals surface area contributed by atoms with Gasteiger partial charge in [0.15, 0.2) is 6.61 Å². The number of pyridine rings is 1. The van der Waals surface area contributed by atoms with Crippen molar-refractivity contribution in [1.82, 2.24) is 9.88 Å². The van der Waals surface area contributed by atoms with E-state index in [1.807, 2.05) is 0 Å². The topological polar surface area (TPSA) is 142 Å². The van der Waals surface area contributed by atoms with Crippen molar-refractivity contribution < 1.29 is 51.0 Å². The molecule has 0 radical (unpaired) electrons. The molecule has 0 fully saturated rings. The molecular weight excluding hydrogens is 620 g/mol. The molecule has 0 aliphatic heterocycles. The highest BCUT2D eigenvalue weighted by molar-refractivity contribution is 5.97. The molecule has 16 heteroatoms. The molecule has 46 heavy (non-hydrogen) atoms. The molecule has 1 aromatic heterocycles. The maximum absolute atomic E-state index is 14.5. The van der Waals surface area contributed by atoms with E-state index in [4.69, 9.17) is 18.9 Å². The van der Waals surface area contributed by atoms with E-state index in [9.17, 15) is 37.3 Å². The van der Waals surface area contributed by atoms with Gasteiger partial charge in [-0.2, -0.15) is 13.2 Å². The Kier molecular flexibility index (Phi) is 11.3. The second kappa shape index (κ2) is 14.8. The minimum atomic E-state index is -4.61. The number of carbonyl (C=O) groups is 2. The number of alkyl halides is 3. The minimum Gasteiger partial charge on any atom is -0.484 e. The summed E-state index contributed by atoms with van der Waals surface area (Å²) < 4.78 is 72.7. The summed E-state index contributed by atoms with van der Waals surface area (Å²) in [6, 6.07) is 9.68. The lowest BCUT2D eigenvalue weighted by Gasteiger charge is -2.28. The molecule has 0 aliphatic rings. The van der Waals surface area contributed by atoms with Crippen LogP contribution in [0.3, 0.4) is 0 Å². The number of esters is 1. The Morgan fingerprint density at radius 3 is 2.33 bits per heavy atom. The number of carbonyl (C=O) groups excluding carboxylic acids is 2. The lowest BCUT2D eigenvalue weighted by atomic mass is 10.1. The van der Waals surface area contributed by atoms with Crippen molar-refractivity contribution >= 4 is 29.1 Å². The van der Waals surface area contributed by atoms with E-state index in [-0.39, 0.29) is 65.0 Å². The number of aromatic nitrogens is 1. The third-order valence-electron chi connectivity index (χ3n) is 6.10. The van der Waals surface area contributed by atoms with E-state index in [1.165, 1.54) is 42.3 Å². The van der Waals surface area contributed by atoms with Crippen molar-refractivity contribution in [2.45, 2.75) is 45.5 Å². The van der Waals surface area contributed by atoms with Crippen LogP contribution < -0.4 is 14.8 Å². The third-order valence-corrected chi connectivity index (χ3v) is 6.10. The summed E-state index contributed by atoms with van der Waals surface area (Å²) in [6.45, 7) is 2.92. The maximum Gasteiger partial charge on any atom is 0.422 e. The first-order chi connectivity index (χ1) is 21.5. The molecule has 0 bridgehead atoms. The quantitative estimate of drug-likeness (QED) is 0.0986. The van der Waals surface area contributed by atoms with Gasteiger partial charge >= 0.3 is 18.2 Å². The predicted molar refractivity (Wildman–Crippen MR) is 157 cm³/mol.